The van der Waals surface area contributed by atoms with Crippen molar-refractivity contribution in [1.29, 1.82) is 0 Å². The second-order valence-corrected chi connectivity index (χ2v) is 5.81. The van der Waals surface area contributed by atoms with Gasteiger partial charge in [-0.3, -0.25) is 0 Å². The Hall–Kier alpha value is 0.01000. The lowest BCUT2D eigenvalue weighted by molar-refractivity contribution is 0.308. The van der Waals surface area contributed by atoms with Crippen molar-refractivity contribution in [3.05, 3.63) is 15.8 Å². The molecular formula is C12H21NS2. The molecular weight excluding hydrogens is 222 g/mol. The van der Waals surface area contributed by atoms with E-state index >= 15 is 0 Å². The molecule has 3 heteroatoms. The van der Waals surface area contributed by atoms with Crippen molar-refractivity contribution in [2.24, 2.45) is 0 Å². The second-order valence-electron chi connectivity index (χ2n) is 3.63. The van der Waals surface area contributed by atoms with Gasteiger partial charge >= 0.3 is 0 Å². The van der Waals surface area contributed by atoms with Crippen molar-refractivity contribution in [3.8, 4) is 0 Å². The van der Waals surface area contributed by atoms with E-state index in [0.717, 1.165) is 13.1 Å². The highest BCUT2D eigenvalue weighted by Crippen LogP contribution is 2.29. The van der Waals surface area contributed by atoms with Gasteiger partial charge in [-0.2, -0.15) is 0 Å². The van der Waals surface area contributed by atoms with Gasteiger partial charge in [0.25, 0.3) is 0 Å². The van der Waals surface area contributed by atoms with E-state index < -0.39 is 0 Å². The lowest BCUT2D eigenvalue weighted by atomic mass is 10.3. The Morgan fingerprint density at radius 3 is 2.53 bits per heavy atom. The summed E-state index contributed by atoms with van der Waals surface area (Å²) in [5, 5.41) is 0. The number of thioether (sulfide) groups is 1. The van der Waals surface area contributed by atoms with E-state index in [2.05, 4.69) is 38.0 Å². The molecule has 86 valence electrons. The minimum atomic E-state index is 1.16. The van der Waals surface area contributed by atoms with Crippen LogP contribution in [0.2, 0.25) is 0 Å². The zero-order valence-electron chi connectivity index (χ0n) is 10.2. The normalized spacial score (nSPS) is 11.3. The maximum atomic E-state index is 2.49. The van der Waals surface area contributed by atoms with Crippen LogP contribution in [0.4, 0.5) is 0 Å². The molecule has 1 aromatic rings. The lowest BCUT2D eigenvalue weighted by Crippen LogP contribution is -2.25. The predicted molar refractivity (Wildman–Crippen MR) is 72.3 cm³/mol. The summed E-state index contributed by atoms with van der Waals surface area (Å²) >= 11 is 3.83. The predicted octanol–water partition coefficient (Wildman–Crippen LogP) is 3.66. The minimum Gasteiger partial charge on any atom is -0.304 e. The first-order chi connectivity index (χ1) is 7.21. The van der Waals surface area contributed by atoms with Gasteiger partial charge in [-0.25, -0.2) is 0 Å². The molecule has 0 aliphatic rings. The number of likely N-dealkylation sites (N-methyl/N-ethyl adjacent to an activating group) is 1. The van der Waals surface area contributed by atoms with Crippen molar-refractivity contribution >= 4 is 23.1 Å². The summed E-state index contributed by atoms with van der Waals surface area (Å²) in [6.07, 6.45) is 3.37. The van der Waals surface area contributed by atoms with Crippen LogP contribution in [0.1, 0.15) is 23.6 Å². The topological polar surface area (TPSA) is 3.24 Å². The Kier molecular flexibility index (Phi) is 5.72. The fourth-order valence-corrected chi connectivity index (χ4v) is 3.68. The molecule has 1 aromatic heterocycles. The van der Waals surface area contributed by atoms with Crippen molar-refractivity contribution in [1.82, 2.24) is 4.90 Å². The molecule has 0 aromatic carbocycles. The molecule has 1 heterocycles. The average Bonchev–Trinajstić information content (AvgIpc) is 2.60. The molecule has 0 radical (unpaired) electrons. The van der Waals surface area contributed by atoms with Gasteiger partial charge in [-0.1, -0.05) is 13.8 Å². The van der Waals surface area contributed by atoms with Crippen molar-refractivity contribution in [2.45, 2.75) is 32.1 Å². The molecule has 1 rings (SSSR count). The maximum absolute atomic E-state index is 2.49. The number of nitrogens with zero attached hydrogens (tertiary/aromatic N) is 1. The number of hydrogen-bond donors (Lipinski definition) is 0. The third-order valence-corrected chi connectivity index (χ3v) is 4.71. The van der Waals surface area contributed by atoms with Gasteiger partial charge in [0.2, 0.25) is 0 Å². The SMILES string of the molecule is CCN(CC)CCc1sc(C)cc1SC. The number of aryl methyl sites for hydroxylation is 1. The van der Waals surface area contributed by atoms with Crippen LogP contribution in [0.15, 0.2) is 11.0 Å². The Morgan fingerprint density at radius 2 is 2.00 bits per heavy atom. The molecule has 1 nitrogen and oxygen atoms in total. The maximum Gasteiger partial charge on any atom is 0.0212 e. The van der Waals surface area contributed by atoms with E-state index in [9.17, 15) is 0 Å². The molecule has 0 aliphatic heterocycles. The van der Waals surface area contributed by atoms with Gasteiger partial charge in [0, 0.05) is 21.2 Å². The highest BCUT2D eigenvalue weighted by Gasteiger charge is 2.07. The average molecular weight is 243 g/mol. The van der Waals surface area contributed by atoms with Crippen molar-refractivity contribution in [3.63, 3.8) is 0 Å². The van der Waals surface area contributed by atoms with Crippen LogP contribution < -0.4 is 0 Å². The van der Waals surface area contributed by atoms with E-state index in [1.165, 1.54) is 22.7 Å². The zero-order chi connectivity index (χ0) is 11.3. The summed E-state index contributed by atoms with van der Waals surface area (Å²) < 4.78 is 0. The van der Waals surface area contributed by atoms with Crippen LogP contribution in [-0.2, 0) is 6.42 Å². The first kappa shape index (κ1) is 13.1. The molecule has 0 N–H and O–H groups in total. The summed E-state index contributed by atoms with van der Waals surface area (Å²) in [6.45, 7) is 10.2. The first-order valence-corrected chi connectivity index (χ1v) is 7.61. The van der Waals surface area contributed by atoms with Crippen LogP contribution >= 0.6 is 23.1 Å². The third kappa shape index (κ3) is 3.82. The molecule has 0 bridgehead atoms. The van der Waals surface area contributed by atoms with Gasteiger partial charge in [-0.05, 0) is 38.8 Å². The molecule has 0 saturated carbocycles. The summed E-state index contributed by atoms with van der Waals surface area (Å²) in [6, 6.07) is 2.31. The van der Waals surface area contributed by atoms with Gasteiger partial charge < -0.3 is 4.90 Å². The first-order valence-electron chi connectivity index (χ1n) is 5.56. The monoisotopic (exact) mass is 243 g/mol. The van der Waals surface area contributed by atoms with E-state index in [0.29, 0.717) is 0 Å². The Labute approximate surface area is 102 Å². The molecule has 0 amide bonds. The quantitative estimate of drug-likeness (QED) is 0.702. The molecule has 0 atom stereocenters. The molecule has 0 fully saturated rings. The summed E-state index contributed by atoms with van der Waals surface area (Å²) in [4.78, 5) is 6.96. The van der Waals surface area contributed by atoms with Crippen molar-refractivity contribution < 1.29 is 0 Å². The molecule has 0 saturated heterocycles. The fraction of sp³-hybridized carbons (Fsp3) is 0.667. The third-order valence-electron chi connectivity index (χ3n) is 2.66. The second kappa shape index (κ2) is 6.56. The van der Waals surface area contributed by atoms with Crippen LogP contribution in [0.5, 0.6) is 0 Å². The van der Waals surface area contributed by atoms with Crippen LogP contribution in [-0.4, -0.2) is 30.8 Å². The highest BCUT2D eigenvalue weighted by atomic mass is 32.2. The Morgan fingerprint density at radius 1 is 1.33 bits per heavy atom. The van der Waals surface area contributed by atoms with E-state index in [1.807, 2.05) is 23.1 Å². The minimum absolute atomic E-state index is 1.16. The summed E-state index contributed by atoms with van der Waals surface area (Å²) in [7, 11) is 0. The highest BCUT2D eigenvalue weighted by molar-refractivity contribution is 7.98. The fourth-order valence-electron chi connectivity index (χ4n) is 1.69. The Balaban J connectivity index is 2.55. The standard InChI is InChI=1S/C12H21NS2/c1-5-13(6-2)8-7-11-12(14-4)9-10(3)15-11/h9H,5-8H2,1-4H3. The van der Waals surface area contributed by atoms with Gasteiger partial charge in [0.15, 0.2) is 0 Å². The zero-order valence-corrected chi connectivity index (χ0v) is 11.8. The van der Waals surface area contributed by atoms with Gasteiger partial charge in [-0.15, -0.1) is 23.1 Å². The smallest absolute Gasteiger partial charge is 0.0212 e. The Bertz CT molecular complexity index is 290. The van der Waals surface area contributed by atoms with Crippen LogP contribution in [0.25, 0.3) is 0 Å². The van der Waals surface area contributed by atoms with Gasteiger partial charge in [0.1, 0.15) is 0 Å². The van der Waals surface area contributed by atoms with Crippen molar-refractivity contribution in [2.75, 3.05) is 25.9 Å². The van der Waals surface area contributed by atoms with Crippen LogP contribution in [0.3, 0.4) is 0 Å². The number of rotatable bonds is 6. The summed E-state index contributed by atoms with van der Waals surface area (Å²) in [5.74, 6) is 0. The lowest BCUT2D eigenvalue weighted by Gasteiger charge is -2.17. The van der Waals surface area contributed by atoms with E-state index in [-0.39, 0.29) is 0 Å². The molecule has 0 spiro atoms. The molecule has 0 aliphatic carbocycles. The largest absolute Gasteiger partial charge is 0.304 e. The van der Waals surface area contributed by atoms with Gasteiger partial charge in [0.05, 0.1) is 0 Å². The molecule has 15 heavy (non-hydrogen) atoms. The number of thiophene rings is 1. The molecule has 0 unspecified atom stereocenters. The number of hydrogen-bond acceptors (Lipinski definition) is 3. The summed E-state index contributed by atoms with van der Waals surface area (Å²) in [5.41, 5.74) is 0. The van der Waals surface area contributed by atoms with E-state index in [4.69, 9.17) is 0 Å². The van der Waals surface area contributed by atoms with Crippen LogP contribution in [0, 0.1) is 6.92 Å². The van der Waals surface area contributed by atoms with E-state index in [1.54, 1.807) is 4.88 Å².